The lowest BCUT2D eigenvalue weighted by atomic mass is 9.85. The van der Waals surface area contributed by atoms with Crippen molar-refractivity contribution in [1.29, 1.82) is 0 Å². The van der Waals surface area contributed by atoms with Crippen LogP contribution in [0, 0.1) is 0 Å². The summed E-state index contributed by atoms with van der Waals surface area (Å²) in [6.07, 6.45) is 0. The Balaban J connectivity index is 3.11. The van der Waals surface area contributed by atoms with Crippen LogP contribution in [0.3, 0.4) is 0 Å². The molecule has 0 saturated heterocycles. The second-order valence-electron chi connectivity index (χ2n) is 3.14. The monoisotopic (exact) mass is 198 g/mol. The van der Waals surface area contributed by atoms with Crippen molar-refractivity contribution >= 4 is 17.6 Å². The van der Waals surface area contributed by atoms with Crippen LogP contribution < -0.4 is 0 Å². The van der Waals surface area contributed by atoms with Crippen LogP contribution in [0.1, 0.15) is 12.5 Å². The van der Waals surface area contributed by atoms with Gasteiger partial charge >= 0.3 is 5.97 Å². The molecule has 0 bridgehead atoms. The molecule has 1 atom stereocenters. The summed E-state index contributed by atoms with van der Waals surface area (Å²) < 4.78 is 0. The van der Waals surface area contributed by atoms with Crippen LogP contribution in [0.25, 0.3) is 0 Å². The Labute approximate surface area is 82.2 Å². The Hall–Kier alpha value is -1.02. The van der Waals surface area contributed by atoms with Gasteiger partial charge < -0.3 is 5.11 Å². The van der Waals surface area contributed by atoms with Crippen molar-refractivity contribution in [1.82, 2.24) is 0 Å². The highest BCUT2D eigenvalue weighted by Gasteiger charge is 2.33. The summed E-state index contributed by atoms with van der Waals surface area (Å²) in [4.78, 5) is 11.0. The number of hydrogen-bond donors (Lipinski definition) is 1. The van der Waals surface area contributed by atoms with Gasteiger partial charge in [-0.15, -0.1) is 11.6 Å². The standard InChI is InChI=1S/C10H11ClO2/c1-10(7-11,9(12)13)8-5-3-2-4-6-8/h2-6H,7H2,1H3,(H,12,13). The van der Waals surface area contributed by atoms with Gasteiger partial charge in [0.2, 0.25) is 0 Å². The summed E-state index contributed by atoms with van der Waals surface area (Å²) in [5, 5.41) is 9.00. The average molecular weight is 199 g/mol. The van der Waals surface area contributed by atoms with E-state index in [0.29, 0.717) is 0 Å². The number of halogens is 1. The van der Waals surface area contributed by atoms with Crippen molar-refractivity contribution in [2.24, 2.45) is 0 Å². The van der Waals surface area contributed by atoms with Gasteiger partial charge in [-0.05, 0) is 12.5 Å². The smallest absolute Gasteiger partial charge is 0.315 e. The zero-order valence-corrected chi connectivity index (χ0v) is 8.08. The van der Waals surface area contributed by atoms with E-state index >= 15 is 0 Å². The number of carbonyl (C=O) groups is 1. The molecule has 0 heterocycles. The fourth-order valence-corrected chi connectivity index (χ4v) is 1.33. The molecular formula is C10H11ClO2. The highest BCUT2D eigenvalue weighted by molar-refractivity contribution is 6.20. The van der Waals surface area contributed by atoms with Gasteiger partial charge in [0, 0.05) is 5.88 Å². The van der Waals surface area contributed by atoms with Gasteiger partial charge in [0.05, 0.1) is 0 Å². The highest BCUT2D eigenvalue weighted by atomic mass is 35.5. The first-order chi connectivity index (χ1) is 6.11. The van der Waals surface area contributed by atoms with Crippen molar-refractivity contribution in [2.75, 3.05) is 5.88 Å². The SMILES string of the molecule is CC(CCl)(C(=O)O)c1ccccc1. The minimum atomic E-state index is -0.983. The zero-order valence-electron chi connectivity index (χ0n) is 7.33. The van der Waals surface area contributed by atoms with Crippen LogP contribution in [-0.4, -0.2) is 17.0 Å². The van der Waals surface area contributed by atoms with Crippen LogP contribution in [0.4, 0.5) is 0 Å². The van der Waals surface area contributed by atoms with Crippen LogP contribution in [0.5, 0.6) is 0 Å². The Morgan fingerprint density at radius 1 is 1.46 bits per heavy atom. The summed E-state index contributed by atoms with van der Waals surface area (Å²) in [6, 6.07) is 9.01. The minimum Gasteiger partial charge on any atom is -0.481 e. The van der Waals surface area contributed by atoms with Gasteiger partial charge in [-0.2, -0.15) is 0 Å². The van der Waals surface area contributed by atoms with Gasteiger partial charge in [-0.25, -0.2) is 0 Å². The maximum absolute atomic E-state index is 11.0. The molecule has 1 rings (SSSR count). The molecule has 2 nitrogen and oxygen atoms in total. The first-order valence-corrected chi connectivity index (χ1v) is 4.49. The maximum atomic E-state index is 11.0. The zero-order chi connectivity index (χ0) is 9.90. The Morgan fingerprint density at radius 3 is 2.38 bits per heavy atom. The third-order valence-corrected chi connectivity index (χ3v) is 2.68. The quantitative estimate of drug-likeness (QED) is 0.757. The molecule has 0 fully saturated rings. The van der Waals surface area contributed by atoms with Crippen LogP contribution in [-0.2, 0) is 10.2 Å². The number of carboxylic acid groups (broad SMARTS) is 1. The van der Waals surface area contributed by atoms with Gasteiger partial charge in [0.15, 0.2) is 0 Å². The van der Waals surface area contributed by atoms with Gasteiger partial charge in [0.1, 0.15) is 5.41 Å². The predicted octanol–water partition coefficient (Wildman–Crippen LogP) is 2.27. The molecule has 3 heteroatoms. The third kappa shape index (κ3) is 1.83. The number of rotatable bonds is 3. The second-order valence-corrected chi connectivity index (χ2v) is 3.40. The van der Waals surface area contributed by atoms with E-state index in [4.69, 9.17) is 16.7 Å². The van der Waals surface area contributed by atoms with Crippen molar-refractivity contribution < 1.29 is 9.90 Å². The summed E-state index contributed by atoms with van der Waals surface area (Å²) in [6.45, 7) is 1.62. The van der Waals surface area contributed by atoms with E-state index in [9.17, 15) is 4.79 Å². The first kappa shape index (κ1) is 10.1. The molecule has 0 aliphatic heterocycles. The Kier molecular flexibility index (Phi) is 2.94. The van der Waals surface area contributed by atoms with Gasteiger partial charge in [-0.1, -0.05) is 30.3 Å². The Bertz CT molecular complexity index is 297. The molecule has 0 amide bonds. The minimum absolute atomic E-state index is 0.0757. The lowest BCUT2D eigenvalue weighted by molar-refractivity contribution is -0.142. The van der Waals surface area contributed by atoms with Crippen molar-refractivity contribution in [2.45, 2.75) is 12.3 Å². The van der Waals surface area contributed by atoms with Crippen LogP contribution in [0.15, 0.2) is 30.3 Å². The molecule has 1 N–H and O–H groups in total. The first-order valence-electron chi connectivity index (χ1n) is 3.96. The molecular weight excluding hydrogens is 188 g/mol. The lowest BCUT2D eigenvalue weighted by Gasteiger charge is -2.21. The summed E-state index contributed by atoms with van der Waals surface area (Å²) >= 11 is 5.66. The summed E-state index contributed by atoms with van der Waals surface area (Å²) in [5.74, 6) is -0.819. The molecule has 0 saturated carbocycles. The molecule has 13 heavy (non-hydrogen) atoms. The van der Waals surface area contributed by atoms with E-state index in [1.165, 1.54) is 0 Å². The largest absolute Gasteiger partial charge is 0.481 e. The topological polar surface area (TPSA) is 37.3 Å². The molecule has 0 aliphatic rings. The van der Waals surface area contributed by atoms with E-state index in [2.05, 4.69) is 0 Å². The van der Waals surface area contributed by atoms with Gasteiger partial charge in [0.25, 0.3) is 0 Å². The van der Waals surface area contributed by atoms with E-state index in [-0.39, 0.29) is 5.88 Å². The third-order valence-electron chi connectivity index (χ3n) is 2.15. The number of aliphatic carboxylic acids is 1. The number of alkyl halides is 1. The van der Waals surface area contributed by atoms with Gasteiger partial charge in [-0.3, -0.25) is 4.79 Å². The average Bonchev–Trinajstić information content (AvgIpc) is 2.17. The fraction of sp³-hybridized carbons (Fsp3) is 0.300. The van der Waals surface area contributed by atoms with E-state index in [1.54, 1.807) is 19.1 Å². The normalized spacial score (nSPS) is 14.9. The molecule has 1 aromatic rings. The molecule has 0 spiro atoms. The molecule has 70 valence electrons. The molecule has 1 unspecified atom stereocenters. The number of benzene rings is 1. The molecule has 0 aliphatic carbocycles. The molecule has 1 aromatic carbocycles. The molecule has 0 radical (unpaired) electrons. The van der Waals surface area contributed by atoms with E-state index in [0.717, 1.165) is 5.56 Å². The van der Waals surface area contributed by atoms with E-state index in [1.807, 2.05) is 18.2 Å². The number of hydrogen-bond acceptors (Lipinski definition) is 1. The highest BCUT2D eigenvalue weighted by Crippen LogP contribution is 2.25. The summed E-state index contributed by atoms with van der Waals surface area (Å²) in [5.41, 5.74) is -0.250. The van der Waals surface area contributed by atoms with Crippen molar-refractivity contribution in [3.8, 4) is 0 Å². The molecule has 0 aromatic heterocycles. The van der Waals surface area contributed by atoms with Crippen LogP contribution >= 0.6 is 11.6 Å². The lowest BCUT2D eigenvalue weighted by Crippen LogP contribution is -2.34. The summed E-state index contributed by atoms with van der Waals surface area (Å²) in [7, 11) is 0. The van der Waals surface area contributed by atoms with Crippen LogP contribution in [0.2, 0.25) is 0 Å². The fourth-order valence-electron chi connectivity index (χ4n) is 1.06. The Morgan fingerprint density at radius 2 is 2.00 bits per heavy atom. The second kappa shape index (κ2) is 3.79. The maximum Gasteiger partial charge on any atom is 0.315 e. The number of carboxylic acids is 1. The van der Waals surface area contributed by atoms with E-state index < -0.39 is 11.4 Å². The van der Waals surface area contributed by atoms with Crippen molar-refractivity contribution in [3.63, 3.8) is 0 Å². The van der Waals surface area contributed by atoms with Crippen molar-refractivity contribution in [3.05, 3.63) is 35.9 Å². The predicted molar refractivity (Wildman–Crippen MR) is 52.1 cm³/mol.